The molecule has 0 radical (unpaired) electrons. The zero-order valence-electron chi connectivity index (χ0n) is 28.9. The largest absolute Gasteiger partial charge is 0.472 e. The van der Waals surface area contributed by atoms with Crippen molar-refractivity contribution in [1.82, 2.24) is 25.2 Å². The van der Waals surface area contributed by atoms with Gasteiger partial charge in [0.25, 0.3) is 5.91 Å². The van der Waals surface area contributed by atoms with E-state index in [2.05, 4.69) is 61.6 Å². The van der Waals surface area contributed by atoms with Gasteiger partial charge in [0.15, 0.2) is 0 Å². The fraction of sp³-hybridized carbons (Fsp3) is 0.571. The van der Waals surface area contributed by atoms with E-state index in [1.807, 2.05) is 6.07 Å². The lowest BCUT2D eigenvalue weighted by molar-refractivity contribution is -0.142. The fourth-order valence-electron chi connectivity index (χ4n) is 6.27. The number of ether oxygens (including phenoxy) is 2. The van der Waals surface area contributed by atoms with Gasteiger partial charge in [0.05, 0.1) is 18.4 Å². The van der Waals surface area contributed by atoms with Crippen molar-refractivity contribution in [3.05, 3.63) is 46.2 Å². The van der Waals surface area contributed by atoms with E-state index in [0.29, 0.717) is 25.1 Å². The van der Waals surface area contributed by atoms with Crippen molar-refractivity contribution in [3.8, 4) is 5.88 Å². The quantitative estimate of drug-likeness (QED) is 0.276. The number of hydrogen-bond acceptors (Lipinski definition) is 9. The number of sulfonamides is 1. The van der Waals surface area contributed by atoms with Crippen LogP contribution in [0, 0.1) is 14.9 Å². The molecular weight excluding hydrogens is 777 g/mol. The van der Waals surface area contributed by atoms with Crippen LogP contribution < -0.4 is 20.1 Å². The maximum atomic E-state index is 14.4. The maximum absolute atomic E-state index is 14.4. The Kier molecular flexibility index (Phi) is 11.6. The van der Waals surface area contributed by atoms with Crippen LogP contribution in [0.1, 0.15) is 71.8 Å². The highest BCUT2D eigenvalue weighted by Gasteiger charge is 2.47. The Morgan fingerprint density at radius 1 is 1.16 bits per heavy atom. The summed E-state index contributed by atoms with van der Waals surface area (Å²) in [5.41, 5.74) is 0.329. The zero-order chi connectivity index (χ0) is 36.4. The number of nitrogens with one attached hydrogen (secondary N) is 3. The number of fused-ring (bicyclic) bond motifs is 3. The molecule has 2 aromatic rings. The van der Waals surface area contributed by atoms with Crippen LogP contribution in [0.2, 0.25) is 0 Å². The monoisotopic (exact) mass is 823 g/mol. The average Bonchev–Trinajstić information content (AvgIpc) is 3.84. The third-order valence-corrected chi connectivity index (χ3v) is 12.1. The number of hydrogen-bond donors (Lipinski definition) is 3. The average molecular weight is 824 g/mol. The lowest BCUT2D eigenvalue weighted by Crippen LogP contribution is -2.59. The predicted octanol–water partition coefficient (Wildman–Crippen LogP) is 3.97. The Morgan fingerprint density at radius 2 is 1.90 bits per heavy atom. The van der Waals surface area contributed by atoms with Crippen molar-refractivity contribution in [2.45, 2.75) is 102 Å². The topological polar surface area (TPSA) is 173 Å². The molecule has 5 atom stereocenters. The van der Waals surface area contributed by atoms with Crippen LogP contribution in [-0.4, -0.2) is 84.7 Å². The molecule has 1 unspecified atom stereocenters. The molecule has 4 amide bonds. The van der Waals surface area contributed by atoms with Crippen molar-refractivity contribution in [2.24, 2.45) is 11.3 Å². The Hall–Kier alpha value is -3.47. The molecule has 1 saturated carbocycles. The highest BCUT2D eigenvalue weighted by atomic mass is 127. The number of carbonyl (C=O) groups excluding carboxylic acids is 4. The molecule has 3 aliphatic rings. The summed E-state index contributed by atoms with van der Waals surface area (Å²) in [6.45, 7) is 10.9. The zero-order valence-corrected chi connectivity index (χ0v) is 31.8. The minimum Gasteiger partial charge on any atom is -0.472 e. The number of nitrogens with zero attached hydrogens (tertiary/aromatic N) is 2. The normalized spacial score (nSPS) is 23.5. The van der Waals surface area contributed by atoms with Crippen LogP contribution in [0.5, 0.6) is 5.88 Å². The van der Waals surface area contributed by atoms with Gasteiger partial charge in [-0.05, 0) is 90.3 Å². The first-order chi connectivity index (χ1) is 23.6. The second-order valence-corrected chi connectivity index (χ2v) is 17.6. The molecule has 1 saturated heterocycles. The second-order valence-electron chi connectivity index (χ2n) is 14.5. The van der Waals surface area contributed by atoms with Gasteiger partial charge in [-0.2, -0.15) is 0 Å². The van der Waals surface area contributed by atoms with Gasteiger partial charge < -0.3 is 25.0 Å². The SMILES string of the molecule is C=C[C@H](C)C(NC(=O)[C@@H]1C[C@@H]2CN1C(=O)[C@H](C(C)(C)C)NC(=O)OCCCCCc1cc(I)c3ccnc(c3c1)O2)C(=O)NS(=O)(=O)C1CC1. The van der Waals surface area contributed by atoms with Crippen LogP contribution in [0.25, 0.3) is 10.8 Å². The molecular formula is C35H46IN5O8S. The highest BCUT2D eigenvalue weighted by molar-refractivity contribution is 14.1. The Morgan fingerprint density at radius 3 is 2.58 bits per heavy atom. The number of pyridine rings is 1. The Balaban J connectivity index is 1.50. The van der Waals surface area contributed by atoms with Gasteiger partial charge in [-0.15, -0.1) is 6.58 Å². The summed E-state index contributed by atoms with van der Waals surface area (Å²) >= 11 is 2.30. The molecule has 3 heterocycles. The number of cyclic esters (lactones) is 1. The first-order valence-corrected chi connectivity index (χ1v) is 19.7. The lowest BCUT2D eigenvalue weighted by atomic mass is 9.85. The molecule has 50 heavy (non-hydrogen) atoms. The predicted molar refractivity (Wildman–Crippen MR) is 196 cm³/mol. The number of amides is 4. The summed E-state index contributed by atoms with van der Waals surface area (Å²) in [6.07, 6.45) is 5.84. The van der Waals surface area contributed by atoms with Gasteiger partial charge in [-0.25, -0.2) is 18.2 Å². The molecule has 13 nitrogen and oxygen atoms in total. The summed E-state index contributed by atoms with van der Waals surface area (Å²) in [5.74, 6) is -2.37. The molecule has 5 rings (SSSR count). The van der Waals surface area contributed by atoms with Gasteiger partial charge in [-0.3, -0.25) is 19.1 Å². The Bertz CT molecular complexity index is 1760. The van der Waals surface area contributed by atoms with E-state index in [-0.39, 0.29) is 19.6 Å². The van der Waals surface area contributed by atoms with Gasteiger partial charge in [0, 0.05) is 32.9 Å². The summed E-state index contributed by atoms with van der Waals surface area (Å²) in [4.78, 5) is 60.7. The lowest BCUT2D eigenvalue weighted by Gasteiger charge is -2.35. The van der Waals surface area contributed by atoms with Crippen LogP contribution in [-0.2, 0) is 35.6 Å². The van der Waals surface area contributed by atoms with E-state index >= 15 is 0 Å². The van der Waals surface area contributed by atoms with Crippen LogP contribution >= 0.6 is 22.6 Å². The first kappa shape index (κ1) is 37.8. The number of aryl methyl sites for hydroxylation is 1. The van der Waals surface area contributed by atoms with Gasteiger partial charge in [0.2, 0.25) is 27.7 Å². The van der Waals surface area contributed by atoms with E-state index in [1.54, 1.807) is 33.9 Å². The van der Waals surface area contributed by atoms with E-state index < -0.39 is 74.7 Å². The molecule has 4 bridgehead atoms. The molecule has 1 aromatic heterocycles. The molecule has 1 aliphatic carbocycles. The molecule has 2 fully saturated rings. The van der Waals surface area contributed by atoms with E-state index in [1.165, 1.54) is 11.0 Å². The molecule has 0 spiro atoms. The minimum atomic E-state index is -3.89. The van der Waals surface area contributed by atoms with Gasteiger partial charge in [-0.1, -0.05) is 33.8 Å². The summed E-state index contributed by atoms with van der Waals surface area (Å²) in [7, 11) is -3.89. The summed E-state index contributed by atoms with van der Waals surface area (Å²) in [6, 6.07) is 2.62. The highest BCUT2D eigenvalue weighted by Crippen LogP contribution is 2.33. The van der Waals surface area contributed by atoms with Crippen molar-refractivity contribution < 1.29 is 37.1 Å². The van der Waals surface area contributed by atoms with E-state index in [0.717, 1.165) is 39.2 Å². The van der Waals surface area contributed by atoms with Gasteiger partial charge >= 0.3 is 6.09 Å². The first-order valence-electron chi connectivity index (χ1n) is 17.0. The van der Waals surface area contributed by atoms with E-state index in [4.69, 9.17) is 9.47 Å². The number of halogens is 1. The standard InChI is InChI=1S/C35H46IN5O8S/c1-6-20(2)28(31(43)40-50(46,47)23-11-12-23)38-30(42)27-18-22-19-41(27)33(44)29(35(3,4)5)39-34(45)48-15-9-7-8-10-21-16-25-24(26(36)17-21)13-14-37-32(25)49-22/h6,13-14,16-17,20,22-23,27-29H,1,7-12,15,18-19H2,2-5H3,(H,38,42)(H,39,45)(H,40,43)/t20-,22+,27-,28?,29+/m0/s1. The van der Waals surface area contributed by atoms with Gasteiger partial charge in [0.1, 0.15) is 24.2 Å². The summed E-state index contributed by atoms with van der Waals surface area (Å²) in [5, 5.41) is 6.57. The van der Waals surface area contributed by atoms with Crippen LogP contribution in [0.4, 0.5) is 4.79 Å². The third kappa shape index (κ3) is 8.87. The maximum Gasteiger partial charge on any atom is 0.407 e. The van der Waals surface area contributed by atoms with Crippen LogP contribution in [0.3, 0.4) is 0 Å². The fourth-order valence-corrected chi connectivity index (χ4v) is 8.47. The third-order valence-electron chi connectivity index (χ3n) is 9.38. The van der Waals surface area contributed by atoms with Crippen molar-refractivity contribution in [1.29, 1.82) is 0 Å². The van der Waals surface area contributed by atoms with Crippen molar-refractivity contribution >= 4 is 67.2 Å². The molecule has 272 valence electrons. The smallest absolute Gasteiger partial charge is 0.407 e. The number of carbonyl (C=O) groups is 4. The summed E-state index contributed by atoms with van der Waals surface area (Å²) < 4.78 is 40.3. The van der Waals surface area contributed by atoms with Crippen molar-refractivity contribution in [3.63, 3.8) is 0 Å². The molecule has 1 aromatic carbocycles. The minimum absolute atomic E-state index is 0.0149. The molecule has 3 N–H and O–H groups in total. The molecule has 15 heteroatoms. The van der Waals surface area contributed by atoms with Crippen molar-refractivity contribution in [2.75, 3.05) is 13.2 Å². The number of benzene rings is 1. The number of alkyl carbamates (subject to hydrolysis) is 1. The van der Waals surface area contributed by atoms with E-state index in [9.17, 15) is 27.6 Å². The second kappa shape index (κ2) is 15.4. The number of rotatable bonds is 7. The van der Waals surface area contributed by atoms with Crippen LogP contribution in [0.15, 0.2) is 37.1 Å². The Labute approximate surface area is 306 Å². The number of aromatic nitrogens is 1. The molecule has 2 aliphatic heterocycles.